The number of rotatable bonds is 3. The molecule has 3 nitrogen and oxygen atoms in total. The Morgan fingerprint density at radius 2 is 1.57 bits per heavy atom. The minimum Gasteiger partial charge on any atom is -0.278 e. The molecule has 0 fully saturated rings. The molecule has 23 heavy (non-hydrogen) atoms. The van der Waals surface area contributed by atoms with Crippen molar-refractivity contribution in [3.8, 4) is 11.8 Å². The molecule has 0 aliphatic rings. The minimum atomic E-state index is -3.62. The van der Waals surface area contributed by atoms with Crippen molar-refractivity contribution >= 4 is 15.7 Å². The van der Waals surface area contributed by atoms with Crippen LogP contribution in [0.5, 0.6) is 0 Å². The van der Waals surface area contributed by atoms with Crippen LogP contribution < -0.4 is 4.72 Å². The summed E-state index contributed by atoms with van der Waals surface area (Å²) in [5.74, 6) is 6.19. The Hall–Kier alpha value is -2.25. The summed E-state index contributed by atoms with van der Waals surface area (Å²) < 4.78 is 27.6. The summed E-state index contributed by atoms with van der Waals surface area (Å²) in [4.78, 5) is 0.238. The van der Waals surface area contributed by atoms with Crippen molar-refractivity contribution in [1.82, 2.24) is 0 Å². The topological polar surface area (TPSA) is 46.2 Å². The molecule has 0 heterocycles. The maximum absolute atomic E-state index is 12.5. The molecule has 0 unspecified atom stereocenters. The average molecular weight is 327 g/mol. The van der Waals surface area contributed by atoms with Gasteiger partial charge in [0, 0.05) is 11.0 Å². The number of aryl methyl sites for hydroxylation is 1. The van der Waals surface area contributed by atoms with Gasteiger partial charge in [0.15, 0.2) is 0 Å². The van der Waals surface area contributed by atoms with E-state index in [9.17, 15) is 8.42 Å². The van der Waals surface area contributed by atoms with E-state index in [2.05, 4.69) is 16.6 Å². The van der Waals surface area contributed by atoms with E-state index < -0.39 is 10.0 Å². The van der Waals surface area contributed by atoms with Crippen LogP contribution in [-0.2, 0) is 10.0 Å². The van der Waals surface area contributed by atoms with Crippen molar-refractivity contribution in [1.29, 1.82) is 0 Å². The lowest BCUT2D eigenvalue weighted by Gasteiger charge is -2.11. The highest BCUT2D eigenvalue weighted by Crippen LogP contribution is 2.20. The van der Waals surface area contributed by atoms with E-state index in [-0.39, 0.29) is 10.3 Å². The van der Waals surface area contributed by atoms with E-state index in [1.54, 1.807) is 36.4 Å². The fourth-order valence-electron chi connectivity index (χ4n) is 1.86. The summed E-state index contributed by atoms with van der Waals surface area (Å²) in [5.41, 5.74) is 2.02. The largest absolute Gasteiger partial charge is 0.278 e. The number of para-hydroxylation sites is 1. The standard InChI is InChI=1S/C19H21NO2S/c1-15-9-11-17(12-10-15)23(21,22)20-18-8-6-5-7-16(18)13-14-19(2,3)4/h5-12,20H,1-4H3. The number of hydrogen-bond donors (Lipinski definition) is 1. The van der Waals surface area contributed by atoms with Crippen LogP contribution in [0.3, 0.4) is 0 Å². The highest BCUT2D eigenvalue weighted by atomic mass is 32.2. The zero-order valence-corrected chi connectivity index (χ0v) is 14.7. The van der Waals surface area contributed by atoms with E-state index in [0.717, 1.165) is 5.56 Å². The van der Waals surface area contributed by atoms with Gasteiger partial charge in [-0.1, -0.05) is 41.7 Å². The van der Waals surface area contributed by atoms with Gasteiger partial charge in [-0.15, -0.1) is 0 Å². The number of hydrogen-bond acceptors (Lipinski definition) is 2. The van der Waals surface area contributed by atoms with Gasteiger partial charge in [-0.05, 0) is 52.0 Å². The summed E-state index contributed by atoms with van der Waals surface area (Å²) in [5, 5.41) is 0. The third kappa shape index (κ3) is 4.87. The maximum Gasteiger partial charge on any atom is 0.261 e. The molecule has 0 aliphatic heterocycles. The molecular formula is C19H21NO2S. The molecule has 2 rings (SSSR count). The summed E-state index contributed by atoms with van der Waals surface area (Å²) >= 11 is 0. The van der Waals surface area contributed by atoms with Crippen molar-refractivity contribution in [3.63, 3.8) is 0 Å². The Labute approximate surface area is 138 Å². The molecule has 4 heteroatoms. The molecule has 2 aromatic rings. The van der Waals surface area contributed by atoms with Gasteiger partial charge in [0.1, 0.15) is 0 Å². The zero-order chi connectivity index (χ0) is 17.1. The zero-order valence-electron chi connectivity index (χ0n) is 13.8. The van der Waals surface area contributed by atoms with Crippen LogP contribution in [0, 0.1) is 24.2 Å². The van der Waals surface area contributed by atoms with E-state index in [0.29, 0.717) is 11.3 Å². The number of sulfonamides is 1. The van der Waals surface area contributed by atoms with Crippen molar-refractivity contribution in [2.45, 2.75) is 32.6 Å². The molecule has 0 spiro atoms. The van der Waals surface area contributed by atoms with E-state index in [1.807, 2.05) is 39.8 Å². The van der Waals surface area contributed by atoms with E-state index in [1.165, 1.54) is 0 Å². The smallest absolute Gasteiger partial charge is 0.261 e. The third-order valence-corrected chi connectivity index (χ3v) is 4.46. The fourth-order valence-corrected chi connectivity index (χ4v) is 2.94. The Kier molecular flexibility index (Phi) is 4.82. The van der Waals surface area contributed by atoms with Crippen LogP contribution in [0.1, 0.15) is 31.9 Å². The van der Waals surface area contributed by atoms with Gasteiger partial charge < -0.3 is 0 Å². The SMILES string of the molecule is Cc1ccc(S(=O)(=O)Nc2ccccc2C#CC(C)(C)C)cc1. The molecule has 0 radical (unpaired) electrons. The summed E-state index contributed by atoms with van der Waals surface area (Å²) in [7, 11) is -3.62. The fraction of sp³-hybridized carbons (Fsp3) is 0.263. The highest BCUT2D eigenvalue weighted by molar-refractivity contribution is 7.92. The normalized spacial score (nSPS) is 11.5. The van der Waals surface area contributed by atoms with Gasteiger partial charge in [-0.25, -0.2) is 8.42 Å². The van der Waals surface area contributed by atoms with Crippen LogP contribution in [-0.4, -0.2) is 8.42 Å². The first-order valence-corrected chi connectivity index (χ1v) is 8.87. The molecule has 0 aliphatic carbocycles. The molecule has 0 saturated heterocycles. The van der Waals surface area contributed by atoms with Crippen molar-refractivity contribution < 1.29 is 8.42 Å². The predicted molar refractivity (Wildman–Crippen MR) is 94.8 cm³/mol. The van der Waals surface area contributed by atoms with Gasteiger partial charge in [-0.3, -0.25) is 4.72 Å². The lowest BCUT2D eigenvalue weighted by molar-refractivity contribution is 0.571. The second kappa shape index (κ2) is 6.47. The van der Waals surface area contributed by atoms with Crippen LogP contribution in [0.4, 0.5) is 5.69 Å². The quantitative estimate of drug-likeness (QED) is 0.859. The Balaban J connectivity index is 2.36. The minimum absolute atomic E-state index is 0.150. The monoisotopic (exact) mass is 327 g/mol. The van der Waals surface area contributed by atoms with Gasteiger partial charge in [0.05, 0.1) is 10.6 Å². The second-order valence-corrected chi connectivity index (χ2v) is 8.15. The lowest BCUT2D eigenvalue weighted by atomic mass is 9.97. The predicted octanol–water partition coefficient (Wildman–Crippen LogP) is 4.19. The molecule has 1 N–H and O–H groups in total. The number of nitrogens with one attached hydrogen (secondary N) is 1. The molecule has 0 saturated carbocycles. The van der Waals surface area contributed by atoms with Crippen molar-refractivity contribution in [3.05, 3.63) is 59.7 Å². The second-order valence-electron chi connectivity index (χ2n) is 6.46. The van der Waals surface area contributed by atoms with Crippen LogP contribution >= 0.6 is 0 Å². The van der Waals surface area contributed by atoms with Gasteiger partial charge >= 0.3 is 0 Å². The Morgan fingerprint density at radius 3 is 2.17 bits per heavy atom. The van der Waals surface area contributed by atoms with E-state index >= 15 is 0 Å². The summed E-state index contributed by atoms with van der Waals surface area (Å²) in [6, 6.07) is 13.9. The highest BCUT2D eigenvalue weighted by Gasteiger charge is 2.15. The first kappa shape index (κ1) is 17.1. The van der Waals surface area contributed by atoms with Crippen LogP contribution in [0.2, 0.25) is 0 Å². The Bertz CT molecular complexity index is 849. The average Bonchev–Trinajstić information content (AvgIpc) is 2.45. The number of anilines is 1. The lowest BCUT2D eigenvalue weighted by Crippen LogP contribution is -2.13. The van der Waals surface area contributed by atoms with Crippen LogP contribution in [0.15, 0.2) is 53.4 Å². The van der Waals surface area contributed by atoms with Gasteiger partial charge in [0.2, 0.25) is 0 Å². The number of benzene rings is 2. The van der Waals surface area contributed by atoms with Crippen molar-refractivity contribution in [2.75, 3.05) is 4.72 Å². The molecule has 2 aromatic carbocycles. The third-order valence-electron chi connectivity index (χ3n) is 3.07. The summed E-state index contributed by atoms with van der Waals surface area (Å²) in [6.07, 6.45) is 0. The Morgan fingerprint density at radius 1 is 0.957 bits per heavy atom. The first-order chi connectivity index (χ1) is 10.7. The maximum atomic E-state index is 12.5. The van der Waals surface area contributed by atoms with Crippen molar-refractivity contribution in [2.24, 2.45) is 5.41 Å². The molecule has 120 valence electrons. The first-order valence-electron chi connectivity index (χ1n) is 7.39. The van der Waals surface area contributed by atoms with Gasteiger partial charge in [-0.2, -0.15) is 0 Å². The van der Waals surface area contributed by atoms with Crippen LogP contribution in [0.25, 0.3) is 0 Å². The molecule has 0 aromatic heterocycles. The summed E-state index contributed by atoms with van der Waals surface area (Å²) in [6.45, 7) is 7.96. The molecule has 0 atom stereocenters. The van der Waals surface area contributed by atoms with Gasteiger partial charge in [0.25, 0.3) is 10.0 Å². The molecule has 0 bridgehead atoms. The molecular weight excluding hydrogens is 306 g/mol. The van der Waals surface area contributed by atoms with E-state index in [4.69, 9.17) is 0 Å². The molecule has 0 amide bonds.